The summed E-state index contributed by atoms with van der Waals surface area (Å²) in [7, 11) is 0. The molecule has 18 heavy (non-hydrogen) atoms. The number of ketones is 1. The van der Waals surface area contributed by atoms with Crippen LogP contribution >= 0.6 is 11.6 Å². The predicted molar refractivity (Wildman–Crippen MR) is 68.1 cm³/mol. The van der Waals surface area contributed by atoms with Gasteiger partial charge in [0, 0.05) is 29.7 Å². The molecule has 4 nitrogen and oxygen atoms in total. The number of carbonyl (C=O) groups is 1. The molecule has 0 N–H and O–H groups in total. The molecule has 0 radical (unpaired) electrons. The van der Waals surface area contributed by atoms with E-state index in [1.54, 1.807) is 18.3 Å². The van der Waals surface area contributed by atoms with Crippen molar-refractivity contribution in [3.63, 3.8) is 0 Å². The van der Waals surface area contributed by atoms with Gasteiger partial charge in [-0.1, -0.05) is 11.6 Å². The SMILES string of the molecule is CCOc1cncc(C(=O)c2ccncc2Cl)c1. The Bertz CT molecular complexity index is 572. The number of hydrogen-bond donors (Lipinski definition) is 0. The molecular formula is C13H11ClN2O2. The maximum absolute atomic E-state index is 12.2. The van der Waals surface area contributed by atoms with E-state index in [0.29, 0.717) is 28.5 Å². The van der Waals surface area contributed by atoms with Crippen molar-refractivity contribution >= 4 is 17.4 Å². The molecule has 0 saturated carbocycles. The highest BCUT2D eigenvalue weighted by molar-refractivity contribution is 6.34. The van der Waals surface area contributed by atoms with Gasteiger partial charge in [-0.3, -0.25) is 14.8 Å². The molecule has 5 heteroatoms. The van der Waals surface area contributed by atoms with Crippen LogP contribution in [0.5, 0.6) is 5.75 Å². The zero-order valence-corrected chi connectivity index (χ0v) is 10.5. The Kier molecular flexibility index (Phi) is 3.89. The zero-order valence-electron chi connectivity index (χ0n) is 9.76. The van der Waals surface area contributed by atoms with Crippen molar-refractivity contribution < 1.29 is 9.53 Å². The predicted octanol–water partition coefficient (Wildman–Crippen LogP) is 2.76. The van der Waals surface area contributed by atoms with E-state index in [4.69, 9.17) is 16.3 Å². The molecule has 0 aliphatic rings. The minimum Gasteiger partial charge on any atom is -0.492 e. The van der Waals surface area contributed by atoms with Crippen LogP contribution in [-0.4, -0.2) is 22.4 Å². The van der Waals surface area contributed by atoms with Crippen molar-refractivity contribution in [2.75, 3.05) is 6.61 Å². The monoisotopic (exact) mass is 262 g/mol. The first kappa shape index (κ1) is 12.5. The van der Waals surface area contributed by atoms with Gasteiger partial charge in [0.25, 0.3) is 0 Å². The summed E-state index contributed by atoms with van der Waals surface area (Å²) < 4.78 is 5.30. The Hall–Kier alpha value is -1.94. The van der Waals surface area contributed by atoms with E-state index in [1.165, 1.54) is 18.6 Å². The lowest BCUT2D eigenvalue weighted by molar-refractivity contribution is 0.103. The molecule has 2 heterocycles. The number of pyridine rings is 2. The highest BCUT2D eigenvalue weighted by Gasteiger charge is 2.13. The van der Waals surface area contributed by atoms with Gasteiger partial charge in [0.05, 0.1) is 17.8 Å². The van der Waals surface area contributed by atoms with Gasteiger partial charge < -0.3 is 4.74 Å². The molecule has 0 aliphatic carbocycles. The zero-order chi connectivity index (χ0) is 13.0. The van der Waals surface area contributed by atoms with Crippen LogP contribution in [-0.2, 0) is 0 Å². The lowest BCUT2D eigenvalue weighted by Gasteiger charge is -2.05. The fourth-order valence-corrected chi connectivity index (χ4v) is 1.71. The first-order valence-electron chi connectivity index (χ1n) is 5.44. The molecule has 0 aliphatic heterocycles. The number of nitrogens with zero attached hydrogens (tertiary/aromatic N) is 2. The summed E-state index contributed by atoms with van der Waals surface area (Å²) in [6, 6.07) is 3.23. The molecule has 0 amide bonds. The van der Waals surface area contributed by atoms with Gasteiger partial charge in [-0.05, 0) is 19.1 Å². The van der Waals surface area contributed by atoms with Gasteiger partial charge in [-0.2, -0.15) is 0 Å². The van der Waals surface area contributed by atoms with E-state index in [-0.39, 0.29) is 5.78 Å². The second kappa shape index (κ2) is 5.60. The molecule has 0 atom stereocenters. The Balaban J connectivity index is 2.34. The lowest BCUT2D eigenvalue weighted by atomic mass is 10.1. The molecule has 0 saturated heterocycles. The summed E-state index contributed by atoms with van der Waals surface area (Å²) in [4.78, 5) is 20.0. The highest BCUT2D eigenvalue weighted by Crippen LogP contribution is 2.19. The van der Waals surface area contributed by atoms with Crippen LogP contribution in [0.3, 0.4) is 0 Å². The lowest BCUT2D eigenvalue weighted by Crippen LogP contribution is -2.04. The topological polar surface area (TPSA) is 52.1 Å². The van der Waals surface area contributed by atoms with Crippen molar-refractivity contribution in [2.24, 2.45) is 0 Å². The molecule has 0 spiro atoms. The van der Waals surface area contributed by atoms with Crippen LogP contribution < -0.4 is 4.74 Å². The summed E-state index contributed by atoms with van der Waals surface area (Å²) in [6.07, 6.45) is 6.02. The quantitative estimate of drug-likeness (QED) is 0.795. The molecular weight excluding hydrogens is 252 g/mol. The van der Waals surface area contributed by atoms with Crippen LogP contribution in [0.15, 0.2) is 36.9 Å². The summed E-state index contributed by atoms with van der Waals surface area (Å²) in [5.74, 6) is 0.366. The maximum atomic E-state index is 12.2. The normalized spacial score (nSPS) is 10.1. The van der Waals surface area contributed by atoms with Crippen LogP contribution in [0.2, 0.25) is 5.02 Å². The number of rotatable bonds is 4. The number of halogens is 1. The second-order valence-electron chi connectivity index (χ2n) is 3.53. The first-order valence-corrected chi connectivity index (χ1v) is 5.82. The number of aromatic nitrogens is 2. The van der Waals surface area contributed by atoms with E-state index < -0.39 is 0 Å². The Labute approximate surface area is 110 Å². The van der Waals surface area contributed by atoms with Crippen molar-refractivity contribution in [3.05, 3.63) is 53.1 Å². The fourth-order valence-electron chi connectivity index (χ4n) is 1.50. The number of hydrogen-bond acceptors (Lipinski definition) is 4. The third kappa shape index (κ3) is 2.65. The third-order valence-electron chi connectivity index (χ3n) is 2.30. The van der Waals surface area contributed by atoms with E-state index in [9.17, 15) is 4.79 Å². The smallest absolute Gasteiger partial charge is 0.196 e. The van der Waals surface area contributed by atoms with Gasteiger partial charge in [0.1, 0.15) is 5.75 Å². The van der Waals surface area contributed by atoms with Crippen molar-refractivity contribution in [1.82, 2.24) is 9.97 Å². The number of ether oxygens (including phenoxy) is 1. The van der Waals surface area contributed by atoms with Gasteiger partial charge in [-0.15, -0.1) is 0 Å². The van der Waals surface area contributed by atoms with Gasteiger partial charge in [0.15, 0.2) is 5.78 Å². The fraction of sp³-hybridized carbons (Fsp3) is 0.154. The van der Waals surface area contributed by atoms with Crippen LogP contribution in [0.4, 0.5) is 0 Å². The second-order valence-corrected chi connectivity index (χ2v) is 3.93. The maximum Gasteiger partial charge on any atom is 0.196 e. The average molecular weight is 263 g/mol. The summed E-state index contributed by atoms with van der Waals surface area (Å²) >= 11 is 5.93. The number of carbonyl (C=O) groups excluding carboxylic acids is 1. The third-order valence-corrected chi connectivity index (χ3v) is 2.60. The molecule has 0 unspecified atom stereocenters. The van der Waals surface area contributed by atoms with Crippen molar-refractivity contribution in [2.45, 2.75) is 6.92 Å². The molecule has 0 aromatic carbocycles. The molecule has 2 aromatic heterocycles. The van der Waals surface area contributed by atoms with Crippen molar-refractivity contribution in [3.8, 4) is 5.75 Å². The molecule has 0 bridgehead atoms. The standard InChI is InChI=1S/C13H11ClN2O2/c1-2-18-10-5-9(6-16-7-10)13(17)11-3-4-15-8-12(11)14/h3-8H,2H2,1H3. The van der Waals surface area contributed by atoms with E-state index in [0.717, 1.165) is 0 Å². The minimum absolute atomic E-state index is 0.198. The highest BCUT2D eigenvalue weighted by atomic mass is 35.5. The Morgan fingerprint density at radius 1 is 1.33 bits per heavy atom. The minimum atomic E-state index is -0.198. The average Bonchev–Trinajstić information content (AvgIpc) is 2.39. The summed E-state index contributed by atoms with van der Waals surface area (Å²) in [6.45, 7) is 2.39. The molecule has 0 fully saturated rings. The Morgan fingerprint density at radius 3 is 2.89 bits per heavy atom. The largest absolute Gasteiger partial charge is 0.492 e. The van der Waals surface area contributed by atoms with E-state index in [1.807, 2.05) is 6.92 Å². The van der Waals surface area contributed by atoms with Gasteiger partial charge in [-0.25, -0.2) is 0 Å². The van der Waals surface area contributed by atoms with Crippen molar-refractivity contribution in [1.29, 1.82) is 0 Å². The van der Waals surface area contributed by atoms with E-state index >= 15 is 0 Å². The summed E-state index contributed by atoms with van der Waals surface area (Å²) in [5.41, 5.74) is 0.844. The van der Waals surface area contributed by atoms with E-state index in [2.05, 4.69) is 9.97 Å². The van der Waals surface area contributed by atoms with Crippen LogP contribution in [0.1, 0.15) is 22.8 Å². The van der Waals surface area contributed by atoms with Gasteiger partial charge >= 0.3 is 0 Å². The molecule has 2 aromatic rings. The Morgan fingerprint density at radius 2 is 2.17 bits per heavy atom. The van der Waals surface area contributed by atoms with Crippen LogP contribution in [0.25, 0.3) is 0 Å². The van der Waals surface area contributed by atoms with Crippen LogP contribution in [0, 0.1) is 0 Å². The summed E-state index contributed by atoms with van der Waals surface area (Å²) in [5, 5.41) is 0.323. The van der Waals surface area contributed by atoms with Gasteiger partial charge in [0.2, 0.25) is 0 Å². The molecule has 2 rings (SSSR count). The first-order chi connectivity index (χ1) is 8.72. The molecule has 92 valence electrons.